The number of nitrogens with zero attached hydrogens (tertiary/aromatic N) is 1. The average Bonchev–Trinajstić information content (AvgIpc) is 3.12. The van der Waals surface area contributed by atoms with Crippen LogP contribution in [0.1, 0.15) is 44.7 Å². The van der Waals surface area contributed by atoms with Crippen LogP contribution < -0.4 is 4.74 Å². The van der Waals surface area contributed by atoms with Crippen molar-refractivity contribution in [2.75, 3.05) is 13.2 Å². The Morgan fingerprint density at radius 3 is 2.33 bits per heavy atom. The number of hydrogen-bond acceptors (Lipinski definition) is 4. The maximum absolute atomic E-state index is 6.04. The van der Waals surface area contributed by atoms with Crippen LogP contribution in [-0.2, 0) is 15.9 Å². The number of nitrogens with one attached hydrogen (secondary N) is 1. The minimum absolute atomic E-state index is 0.135. The Hall–Kier alpha value is -2.37. The van der Waals surface area contributed by atoms with Gasteiger partial charge in [0.15, 0.2) is 12.4 Å². The quantitative estimate of drug-likeness (QED) is 0.510. The molecule has 0 aliphatic rings. The monoisotopic (exact) mass is 368 g/mol. The van der Waals surface area contributed by atoms with Crippen molar-refractivity contribution in [3.63, 3.8) is 0 Å². The van der Waals surface area contributed by atoms with E-state index in [9.17, 15) is 0 Å². The van der Waals surface area contributed by atoms with Gasteiger partial charge < -0.3 is 19.2 Å². The fourth-order valence-electron chi connectivity index (χ4n) is 3.03. The number of ether oxygens (including phenoxy) is 3. The number of H-pyrrole nitrogens is 1. The number of para-hydroxylation sites is 2. The van der Waals surface area contributed by atoms with Gasteiger partial charge in [-0.05, 0) is 57.0 Å². The molecule has 0 radical (unpaired) electrons. The third-order valence-electron chi connectivity index (χ3n) is 4.40. The SMILES string of the molecule is CCOC(CCc1ccc(OC(C)c2nc3ccccc3[nH]2)cc1)OCC. The number of aromatic amines is 1. The first-order valence-corrected chi connectivity index (χ1v) is 9.63. The number of aryl methyl sites for hydroxylation is 1. The Morgan fingerprint density at radius 2 is 1.67 bits per heavy atom. The largest absolute Gasteiger partial charge is 0.483 e. The van der Waals surface area contributed by atoms with Crippen molar-refractivity contribution < 1.29 is 14.2 Å². The third kappa shape index (κ3) is 5.31. The molecule has 0 bridgehead atoms. The first-order valence-electron chi connectivity index (χ1n) is 9.63. The predicted octanol–water partition coefficient (Wildman–Crippen LogP) is 5.03. The van der Waals surface area contributed by atoms with E-state index in [0.29, 0.717) is 13.2 Å². The predicted molar refractivity (Wildman–Crippen MR) is 107 cm³/mol. The minimum atomic E-state index is -0.150. The molecule has 0 spiro atoms. The van der Waals surface area contributed by atoms with Crippen molar-refractivity contribution in [1.29, 1.82) is 0 Å². The first-order chi connectivity index (χ1) is 13.2. The number of hydrogen-bond donors (Lipinski definition) is 1. The Labute approximate surface area is 160 Å². The molecule has 1 unspecified atom stereocenters. The molecule has 2 aromatic carbocycles. The molecule has 5 nitrogen and oxygen atoms in total. The number of fused-ring (bicyclic) bond motifs is 1. The van der Waals surface area contributed by atoms with Crippen LogP contribution in [0.4, 0.5) is 0 Å². The van der Waals surface area contributed by atoms with Crippen molar-refractivity contribution in [1.82, 2.24) is 9.97 Å². The van der Waals surface area contributed by atoms with Crippen molar-refractivity contribution >= 4 is 11.0 Å². The van der Waals surface area contributed by atoms with Crippen LogP contribution in [0.2, 0.25) is 0 Å². The molecule has 0 fully saturated rings. The summed E-state index contributed by atoms with van der Waals surface area (Å²) in [4.78, 5) is 7.92. The van der Waals surface area contributed by atoms with E-state index in [1.807, 2.05) is 57.2 Å². The van der Waals surface area contributed by atoms with E-state index in [4.69, 9.17) is 14.2 Å². The fourth-order valence-corrected chi connectivity index (χ4v) is 3.03. The molecule has 27 heavy (non-hydrogen) atoms. The minimum Gasteiger partial charge on any atom is -0.483 e. The van der Waals surface area contributed by atoms with Gasteiger partial charge in [-0.15, -0.1) is 0 Å². The fraction of sp³-hybridized carbons (Fsp3) is 0.409. The summed E-state index contributed by atoms with van der Waals surface area (Å²) in [5.74, 6) is 1.66. The molecule has 0 amide bonds. The van der Waals surface area contributed by atoms with Gasteiger partial charge in [0.05, 0.1) is 11.0 Å². The van der Waals surface area contributed by atoms with E-state index in [1.54, 1.807) is 0 Å². The van der Waals surface area contributed by atoms with Crippen LogP contribution in [0.25, 0.3) is 11.0 Å². The average molecular weight is 368 g/mol. The lowest BCUT2D eigenvalue weighted by Crippen LogP contribution is -2.18. The topological polar surface area (TPSA) is 56.4 Å². The standard InChI is InChI=1S/C22H28N2O3/c1-4-25-21(26-5-2)15-12-17-10-13-18(14-11-17)27-16(3)22-23-19-8-6-7-9-20(19)24-22/h6-11,13-14,16,21H,4-5,12,15H2,1-3H3,(H,23,24). The first kappa shape index (κ1) is 19.4. The highest BCUT2D eigenvalue weighted by Gasteiger charge is 2.13. The molecule has 1 N–H and O–H groups in total. The summed E-state index contributed by atoms with van der Waals surface area (Å²) >= 11 is 0. The molecule has 3 aromatic rings. The van der Waals surface area contributed by atoms with Crippen molar-refractivity contribution in [2.24, 2.45) is 0 Å². The van der Waals surface area contributed by atoms with Gasteiger partial charge in [0, 0.05) is 19.6 Å². The van der Waals surface area contributed by atoms with Gasteiger partial charge in [-0.1, -0.05) is 24.3 Å². The highest BCUT2D eigenvalue weighted by atomic mass is 16.7. The molecule has 0 aliphatic heterocycles. The maximum atomic E-state index is 6.04. The molecule has 5 heteroatoms. The summed E-state index contributed by atoms with van der Waals surface area (Å²) in [5.41, 5.74) is 3.22. The van der Waals surface area contributed by atoms with E-state index in [-0.39, 0.29) is 12.4 Å². The summed E-state index contributed by atoms with van der Waals surface area (Å²) in [7, 11) is 0. The lowest BCUT2D eigenvalue weighted by Gasteiger charge is -2.17. The lowest BCUT2D eigenvalue weighted by atomic mass is 10.1. The molecule has 144 valence electrons. The zero-order chi connectivity index (χ0) is 19.1. The molecule has 1 heterocycles. The van der Waals surface area contributed by atoms with E-state index < -0.39 is 0 Å². The number of rotatable bonds is 10. The smallest absolute Gasteiger partial charge is 0.157 e. The van der Waals surface area contributed by atoms with Crippen LogP contribution in [-0.4, -0.2) is 29.5 Å². The van der Waals surface area contributed by atoms with Gasteiger partial charge in [-0.25, -0.2) is 4.98 Å². The van der Waals surface area contributed by atoms with Gasteiger partial charge in [0.25, 0.3) is 0 Å². The summed E-state index contributed by atoms with van der Waals surface area (Å²) < 4.78 is 17.2. The number of aromatic nitrogens is 2. The van der Waals surface area contributed by atoms with Crippen LogP contribution >= 0.6 is 0 Å². The van der Waals surface area contributed by atoms with E-state index in [2.05, 4.69) is 22.1 Å². The highest BCUT2D eigenvalue weighted by molar-refractivity contribution is 5.74. The van der Waals surface area contributed by atoms with E-state index in [0.717, 1.165) is 35.4 Å². The zero-order valence-electron chi connectivity index (χ0n) is 16.3. The van der Waals surface area contributed by atoms with Crippen LogP contribution in [0, 0.1) is 0 Å². The van der Waals surface area contributed by atoms with E-state index >= 15 is 0 Å². The van der Waals surface area contributed by atoms with Crippen molar-refractivity contribution in [2.45, 2.75) is 46.0 Å². The van der Waals surface area contributed by atoms with Crippen LogP contribution in [0.15, 0.2) is 48.5 Å². The summed E-state index contributed by atoms with van der Waals surface area (Å²) in [5, 5.41) is 0. The molecule has 0 saturated heterocycles. The Balaban J connectivity index is 1.56. The molecular formula is C22H28N2O3. The summed E-state index contributed by atoms with van der Waals surface area (Å²) in [6.07, 6.45) is 1.47. The van der Waals surface area contributed by atoms with Crippen molar-refractivity contribution in [3.8, 4) is 5.75 Å². The molecule has 0 saturated carbocycles. The Morgan fingerprint density at radius 1 is 0.963 bits per heavy atom. The maximum Gasteiger partial charge on any atom is 0.157 e. The van der Waals surface area contributed by atoms with Gasteiger partial charge in [-0.3, -0.25) is 0 Å². The number of imidazole rings is 1. The normalized spacial score (nSPS) is 12.6. The Bertz CT molecular complexity index is 790. The van der Waals surface area contributed by atoms with Gasteiger partial charge in [0.1, 0.15) is 11.6 Å². The highest BCUT2D eigenvalue weighted by Crippen LogP contribution is 2.23. The second-order valence-corrected chi connectivity index (χ2v) is 6.42. The molecule has 1 aromatic heterocycles. The van der Waals surface area contributed by atoms with Crippen molar-refractivity contribution in [3.05, 3.63) is 59.9 Å². The van der Waals surface area contributed by atoms with Crippen LogP contribution in [0.3, 0.4) is 0 Å². The molecule has 0 aliphatic carbocycles. The van der Waals surface area contributed by atoms with E-state index in [1.165, 1.54) is 5.56 Å². The number of benzene rings is 2. The third-order valence-corrected chi connectivity index (χ3v) is 4.40. The van der Waals surface area contributed by atoms with Gasteiger partial charge in [0.2, 0.25) is 0 Å². The summed E-state index contributed by atoms with van der Waals surface area (Å²) in [6.45, 7) is 7.30. The van der Waals surface area contributed by atoms with Gasteiger partial charge in [-0.2, -0.15) is 0 Å². The second kappa shape index (κ2) is 9.53. The Kier molecular flexibility index (Phi) is 6.85. The van der Waals surface area contributed by atoms with Crippen LogP contribution in [0.5, 0.6) is 5.75 Å². The molecule has 1 atom stereocenters. The zero-order valence-corrected chi connectivity index (χ0v) is 16.3. The van der Waals surface area contributed by atoms with Gasteiger partial charge >= 0.3 is 0 Å². The second-order valence-electron chi connectivity index (χ2n) is 6.42. The lowest BCUT2D eigenvalue weighted by molar-refractivity contribution is -0.139. The molecular weight excluding hydrogens is 340 g/mol. The molecule has 3 rings (SSSR count). The summed E-state index contributed by atoms with van der Waals surface area (Å²) in [6, 6.07) is 16.2.